The maximum atomic E-state index is 13.6. The van der Waals surface area contributed by atoms with Gasteiger partial charge in [-0.2, -0.15) is 19.6 Å². The van der Waals surface area contributed by atoms with Crippen LogP contribution in [0.5, 0.6) is 0 Å². The number of rotatable bonds is 10. The molecule has 4 aromatic rings. The van der Waals surface area contributed by atoms with Crippen LogP contribution in [-0.4, -0.2) is 182 Å². The number of morpholine rings is 2. The Morgan fingerprint density at radius 1 is 0.657 bits per heavy atom. The van der Waals surface area contributed by atoms with Gasteiger partial charge in [-0.15, -0.1) is 0 Å². The molecule has 10 rings (SSSR count). The van der Waals surface area contributed by atoms with Gasteiger partial charge in [-0.05, 0) is 59.1 Å². The molecule has 5 unspecified atom stereocenters. The Bertz CT molecular complexity index is 2430. The first kappa shape index (κ1) is 45.3. The van der Waals surface area contributed by atoms with Crippen LogP contribution in [0.4, 0.5) is 32.3 Å². The highest BCUT2D eigenvalue weighted by Gasteiger charge is 2.43. The summed E-state index contributed by atoms with van der Waals surface area (Å²) in [5, 5.41) is 9.30. The molecule has 0 radical (unpaired) electrons. The fraction of sp³-hybridized carbons (Fsp3) is 0.542. The van der Waals surface area contributed by atoms with E-state index in [-0.39, 0.29) is 36.4 Å². The zero-order valence-corrected chi connectivity index (χ0v) is 39.4. The van der Waals surface area contributed by atoms with Gasteiger partial charge >= 0.3 is 12.1 Å². The first-order valence-corrected chi connectivity index (χ1v) is 24.0. The van der Waals surface area contributed by atoms with Crippen LogP contribution in [0.25, 0.3) is 0 Å². The van der Waals surface area contributed by atoms with E-state index < -0.39 is 0 Å². The Morgan fingerprint density at radius 3 is 1.76 bits per heavy atom. The first-order chi connectivity index (χ1) is 32.4. The lowest BCUT2D eigenvalue weighted by atomic mass is 10.0. The Balaban J connectivity index is 0.660. The van der Waals surface area contributed by atoms with Crippen LogP contribution in [0.15, 0.2) is 67.3 Å². The summed E-state index contributed by atoms with van der Waals surface area (Å²) in [5.41, 5.74) is 5.74. The fourth-order valence-electron chi connectivity index (χ4n) is 11.0. The Hall–Kier alpha value is -5.53. The number of carbonyl (C=O) groups excluding carboxylic acids is 4. The highest BCUT2D eigenvalue weighted by atomic mass is 35.5. The van der Waals surface area contributed by atoms with Crippen molar-refractivity contribution in [2.45, 2.75) is 32.5 Å². The summed E-state index contributed by atoms with van der Waals surface area (Å²) >= 11 is 6.93. The number of anilines is 4. The summed E-state index contributed by atoms with van der Waals surface area (Å²) in [6.45, 7) is 14.6. The Labute approximate surface area is 396 Å². The van der Waals surface area contributed by atoms with Gasteiger partial charge in [-0.3, -0.25) is 19.4 Å². The van der Waals surface area contributed by atoms with Gasteiger partial charge in [0.2, 0.25) is 11.8 Å². The maximum absolute atomic E-state index is 13.6. The third-order valence-electron chi connectivity index (χ3n) is 14.9. The molecule has 6 saturated heterocycles. The van der Waals surface area contributed by atoms with E-state index in [1.165, 1.54) is 38.6 Å². The van der Waals surface area contributed by atoms with E-state index in [2.05, 4.69) is 66.2 Å². The van der Waals surface area contributed by atoms with E-state index in [4.69, 9.17) is 21.1 Å². The van der Waals surface area contributed by atoms with Crippen molar-refractivity contribution in [1.82, 2.24) is 39.2 Å². The van der Waals surface area contributed by atoms with Crippen LogP contribution in [0.2, 0.25) is 5.02 Å². The Morgan fingerprint density at radius 2 is 1.19 bits per heavy atom. The van der Waals surface area contributed by atoms with Crippen molar-refractivity contribution >= 4 is 58.2 Å². The summed E-state index contributed by atoms with van der Waals surface area (Å²) in [7, 11) is 3.38. The van der Waals surface area contributed by atoms with Crippen molar-refractivity contribution in [2.24, 2.45) is 23.7 Å². The van der Waals surface area contributed by atoms with Crippen LogP contribution in [-0.2, 0) is 32.2 Å². The summed E-state index contributed by atoms with van der Waals surface area (Å²) in [5.74, 6) is 1.35. The molecule has 19 heteroatoms. The maximum Gasteiger partial charge on any atom is 0.344 e. The molecule has 0 saturated carbocycles. The van der Waals surface area contributed by atoms with Gasteiger partial charge in [0.05, 0.1) is 68.5 Å². The number of aromatic nitrogens is 4. The van der Waals surface area contributed by atoms with Crippen LogP contribution < -0.4 is 19.6 Å². The number of fused-ring (bicyclic) bond motifs is 2. The summed E-state index contributed by atoms with van der Waals surface area (Å²) in [4.78, 5) is 68.5. The van der Waals surface area contributed by atoms with Crippen molar-refractivity contribution in [1.29, 1.82) is 0 Å². The van der Waals surface area contributed by atoms with E-state index in [0.717, 1.165) is 76.8 Å². The van der Waals surface area contributed by atoms with Crippen molar-refractivity contribution in [3.8, 4) is 0 Å². The lowest BCUT2D eigenvalue weighted by Crippen LogP contribution is -2.44. The van der Waals surface area contributed by atoms with Gasteiger partial charge in [0, 0.05) is 129 Å². The normalized spacial score (nSPS) is 24.3. The molecule has 0 bridgehead atoms. The lowest BCUT2D eigenvalue weighted by molar-refractivity contribution is -0.121. The molecule has 4 amide bonds. The van der Waals surface area contributed by atoms with Crippen LogP contribution in [0.1, 0.15) is 24.5 Å². The minimum absolute atomic E-state index is 0.116. The summed E-state index contributed by atoms with van der Waals surface area (Å²) < 4.78 is 14.3. The zero-order valence-electron chi connectivity index (χ0n) is 38.7. The third-order valence-corrected chi connectivity index (χ3v) is 15.2. The summed E-state index contributed by atoms with van der Waals surface area (Å²) in [6, 6.07) is 14.8. The average Bonchev–Trinajstić information content (AvgIpc) is 4.20. The number of hydrogen-bond donors (Lipinski definition) is 0. The van der Waals surface area contributed by atoms with E-state index >= 15 is 0 Å². The van der Waals surface area contributed by atoms with E-state index in [1.54, 1.807) is 37.6 Å². The smallest absolute Gasteiger partial charge is 0.344 e. The molecule has 6 aliphatic rings. The molecule has 18 nitrogen and oxygen atoms in total. The van der Waals surface area contributed by atoms with E-state index in [0.29, 0.717) is 85.9 Å². The third kappa shape index (κ3) is 9.77. The molecule has 6 fully saturated rings. The molecule has 2 aromatic heterocycles. The lowest BCUT2D eigenvalue weighted by Gasteiger charge is -2.35. The molecule has 8 heterocycles. The minimum atomic E-state index is -0.315. The quantitative estimate of drug-likeness (QED) is 0.228. The molecule has 67 heavy (non-hydrogen) atoms. The molecule has 356 valence electrons. The van der Waals surface area contributed by atoms with Crippen molar-refractivity contribution in [2.75, 3.05) is 132 Å². The van der Waals surface area contributed by atoms with Crippen molar-refractivity contribution in [3.63, 3.8) is 0 Å². The molecule has 5 atom stereocenters. The second-order valence-electron chi connectivity index (χ2n) is 19.3. The van der Waals surface area contributed by atoms with Gasteiger partial charge in [0.15, 0.2) is 0 Å². The SMILES string of the molecule is CC(=O)N(C)c1cnn(C(=O)N2CC3CN(Cc4ccc(N5CCOC(CC(=O)N(C)c6cnn(C(=O)N7CC8CN(Cc9ccc(N%10CCOCC%10)cc9)CC8C7)c6)C5)cc4Cl)CC3C2)c1. The number of carbonyl (C=O) groups is 4. The van der Waals surface area contributed by atoms with E-state index in [9.17, 15) is 19.2 Å². The van der Waals surface area contributed by atoms with Gasteiger partial charge in [0.25, 0.3) is 0 Å². The highest BCUT2D eigenvalue weighted by Crippen LogP contribution is 2.35. The number of amides is 4. The number of halogens is 1. The van der Waals surface area contributed by atoms with Gasteiger partial charge in [0.1, 0.15) is 0 Å². The van der Waals surface area contributed by atoms with Crippen molar-refractivity contribution < 1.29 is 28.7 Å². The second kappa shape index (κ2) is 19.2. The highest BCUT2D eigenvalue weighted by molar-refractivity contribution is 6.31. The molecule has 0 aliphatic carbocycles. The largest absolute Gasteiger partial charge is 0.378 e. The molecule has 0 N–H and O–H groups in total. The Kier molecular flexibility index (Phi) is 13.0. The summed E-state index contributed by atoms with van der Waals surface area (Å²) in [6.07, 6.45) is 6.24. The fourth-order valence-corrected chi connectivity index (χ4v) is 11.2. The predicted octanol–water partition coefficient (Wildman–Crippen LogP) is 3.87. The van der Waals surface area contributed by atoms with Crippen LogP contribution in [0.3, 0.4) is 0 Å². The number of nitrogens with zero attached hydrogens (tertiary/aromatic N) is 12. The molecule has 6 aliphatic heterocycles. The molecule has 2 aromatic carbocycles. The first-order valence-electron chi connectivity index (χ1n) is 23.6. The van der Waals surface area contributed by atoms with Gasteiger partial charge in [-0.1, -0.05) is 29.8 Å². The molecule has 0 spiro atoms. The van der Waals surface area contributed by atoms with Crippen molar-refractivity contribution in [3.05, 3.63) is 83.4 Å². The van der Waals surface area contributed by atoms with Gasteiger partial charge in [-0.25, -0.2) is 9.59 Å². The average molecular weight is 938 g/mol. The minimum Gasteiger partial charge on any atom is -0.378 e. The predicted molar refractivity (Wildman–Crippen MR) is 254 cm³/mol. The second-order valence-corrected chi connectivity index (χ2v) is 19.7. The monoisotopic (exact) mass is 936 g/mol. The topological polar surface area (TPSA) is 148 Å². The zero-order chi connectivity index (χ0) is 46.3. The number of likely N-dealkylation sites (tertiary alicyclic amines) is 4. The van der Waals surface area contributed by atoms with Crippen LogP contribution in [0, 0.1) is 23.7 Å². The number of benzene rings is 2. The number of ether oxygens (including phenoxy) is 2. The van der Waals surface area contributed by atoms with Crippen LogP contribution >= 0.6 is 11.6 Å². The van der Waals surface area contributed by atoms with Gasteiger partial charge < -0.3 is 38.9 Å². The number of hydrogen-bond acceptors (Lipinski definition) is 12. The molecular formula is C48H61ClN12O6. The van der Waals surface area contributed by atoms with E-state index in [1.807, 2.05) is 15.9 Å². The molecular weight excluding hydrogens is 876 g/mol. The standard InChI is InChI=1S/C48H61ClN12O6/c1-33(62)52(2)42-18-50-60(30-42)47(64)59-28-38-24-55(25-39(38)29-59)21-35-6-9-41(16-45(35)49)57-12-15-67-44(32-57)17-46(63)53(3)43-19-51-61(31-43)48(65)58-26-36-22-54(23-37(36)27-58)20-34-4-7-40(8-5-34)56-10-13-66-14-11-56/h4-9,16,18-19,30-31,36-39,44H,10-15,17,20-29,32H2,1-3H3.